The van der Waals surface area contributed by atoms with Crippen molar-refractivity contribution < 1.29 is 9.47 Å². The Morgan fingerprint density at radius 1 is 0.895 bits per heavy atom. The summed E-state index contributed by atoms with van der Waals surface area (Å²) in [5.74, 6) is 0.956. The van der Waals surface area contributed by atoms with Gasteiger partial charge in [0.1, 0.15) is 0 Å². The second-order valence-electron chi connectivity index (χ2n) is 4.55. The van der Waals surface area contributed by atoms with Crippen molar-refractivity contribution >= 4 is 29.9 Å². The van der Waals surface area contributed by atoms with E-state index in [0.29, 0.717) is 26.4 Å². The minimum Gasteiger partial charge on any atom is -0.379 e. The maximum atomic E-state index is 5.45. The molecule has 0 saturated carbocycles. The highest BCUT2D eigenvalue weighted by Gasteiger charge is 2.02. The van der Waals surface area contributed by atoms with Gasteiger partial charge in [0.25, 0.3) is 0 Å². The lowest BCUT2D eigenvalue weighted by molar-refractivity contribution is 0.0497. The zero-order valence-electron chi connectivity index (χ0n) is 13.0. The average molecular weight is 387 g/mol. The summed E-state index contributed by atoms with van der Waals surface area (Å²) in [6, 6.07) is 0. The molecule has 0 atom stereocenters. The number of halogens is 1. The Morgan fingerprint density at radius 2 is 1.42 bits per heavy atom. The fourth-order valence-corrected chi connectivity index (χ4v) is 1.46. The van der Waals surface area contributed by atoms with Crippen LogP contribution in [0.15, 0.2) is 4.99 Å². The number of unbranched alkanes of at least 4 members (excludes halogenated alkanes) is 1. The Hall–Kier alpha value is -0.0800. The summed E-state index contributed by atoms with van der Waals surface area (Å²) in [5, 5.41) is 0. The lowest BCUT2D eigenvalue weighted by atomic mass is 10.4. The van der Waals surface area contributed by atoms with Crippen LogP contribution in [0.2, 0.25) is 0 Å². The maximum Gasteiger partial charge on any atom is 0.195 e. The van der Waals surface area contributed by atoms with E-state index in [9.17, 15) is 0 Å². The molecule has 0 saturated heterocycles. The number of hydrogen-bond acceptors (Lipinski definition) is 3. The van der Waals surface area contributed by atoms with Crippen LogP contribution in [0.4, 0.5) is 0 Å². The quantitative estimate of drug-likeness (QED) is 0.262. The Morgan fingerprint density at radius 3 is 1.89 bits per heavy atom. The molecular weight excluding hydrogens is 357 g/mol. The lowest BCUT2D eigenvalue weighted by Crippen LogP contribution is -2.35. The molecule has 19 heavy (non-hydrogen) atoms. The monoisotopic (exact) mass is 387 g/mol. The number of ether oxygens (including phenoxy) is 2. The fraction of sp³-hybridized carbons (Fsp3) is 0.923. The fourth-order valence-electron chi connectivity index (χ4n) is 1.46. The summed E-state index contributed by atoms with van der Waals surface area (Å²) in [4.78, 5) is 8.46. The molecule has 0 amide bonds. The molecule has 0 aromatic heterocycles. The van der Waals surface area contributed by atoms with E-state index in [-0.39, 0.29) is 24.0 Å². The van der Waals surface area contributed by atoms with Crippen molar-refractivity contribution in [3.8, 4) is 0 Å². The number of aliphatic imine (C=N–C) groups is 1. The van der Waals surface area contributed by atoms with Gasteiger partial charge < -0.3 is 19.3 Å². The van der Waals surface area contributed by atoms with Gasteiger partial charge in [-0.15, -0.1) is 24.0 Å². The first-order chi connectivity index (χ1) is 8.59. The molecule has 0 N–H and O–H groups in total. The van der Waals surface area contributed by atoms with Crippen LogP contribution in [0.25, 0.3) is 0 Å². The van der Waals surface area contributed by atoms with Crippen LogP contribution >= 0.6 is 24.0 Å². The highest BCUT2D eigenvalue weighted by Crippen LogP contribution is 1.90. The molecule has 0 radical (unpaired) electrons. The van der Waals surface area contributed by atoms with E-state index in [4.69, 9.17) is 9.47 Å². The van der Waals surface area contributed by atoms with E-state index in [2.05, 4.69) is 11.9 Å². The van der Waals surface area contributed by atoms with Crippen molar-refractivity contribution in [2.45, 2.75) is 19.8 Å². The Balaban J connectivity index is 0. The van der Waals surface area contributed by atoms with Crippen molar-refractivity contribution in [2.24, 2.45) is 4.99 Å². The standard InChI is InChI=1S/C13H29N3O2.HI/c1-6-7-9-17-11-12-18-10-8-14-13(15(2)3)16(4)5;/h6-12H2,1-5H3;1H. The predicted molar refractivity (Wildman–Crippen MR) is 91.6 cm³/mol. The van der Waals surface area contributed by atoms with E-state index in [1.165, 1.54) is 6.42 Å². The van der Waals surface area contributed by atoms with Gasteiger partial charge in [0, 0.05) is 34.8 Å². The van der Waals surface area contributed by atoms with Gasteiger partial charge in [0.05, 0.1) is 26.4 Å². The number of hydrogen-bond donors (Lipinski definition) is 0. The maximum absolute atomic E-state index is 5.45. The Kier molecular flexibility index (Phi) is 16.0. The molecule has 5 nitrogen and oxygen atoms in total. The van der Waals surface area contributed by atoms with E-state index in [0.717, 1.165) is 19.0 Å². The molecule has 0 spiro atoms. The van der Waals surface area contributed by atoms with Crippen LogP contribution < -0.4 is 0 Å². The summed E-state index contributed by atoms with van der Waals surface area (Å²) in [6.45, 7) is 5.65. The second-order valence-corrected chi connectivity index (χ2v) is 4.55. The van der Waals surface area contributed by atoms with Crippen molar-refractivity contribution in [2.75, 3.05) is 61.2 Å². The topological polar surface area (TPSA) is 37.3 Å². The molecule has 0 aliphatic carbocycles. The lowest BCUT2D eigenvalue weighted by Gasteiger charge is -2.22. The minimum atomic E-state index is 0. The van der Waals surface area contributed by atoms with Crippen LogP contribution in [0.3, 0.4) is 0 Å². The van der Waals surface area contributed by atoms with E-state index < -0.39 is 0 Å². The summed E-state index contributed by atoms with van der Waals surface area (Å²) >= 11 is 0. The third kappa shape index (κ3) is 12.7. The van der Waals surface area contributed by atoms with Gasteiger partial charge in [-0.25, -0.2) is 0 Å². The molecule has 0 fully saturated rings. The molecule has 0 aromatic carbocycles. The highest BCUT2D eigenvalue weighted by molar-refractivity contribution is 14.0. The molecule has 0 rings (SSSR count). The van der Waals surface area contributed by atoms with Gasteiger partial charge in [0.2, 0.25) is 0 Å². The van der Waals surface area contributed by atoms with Crippen molar-refractivity contribution in [3.63, 3.8) is 0 Å². The van der Waals surface area contributed by atoms with Crippen LogP contribution in [-0.2, 0) is 9.47 Å². The number of nitrogens with zero attached hydrogens (tertiary/aromatic N) is 3. The summed E-state index contributed by atoms with van der Waals surface area (Å²) < 4.78 is 10.9. The molecule has 0 unspecified atom stereocenters. The summed E-state index contributed by atoms with van der Waals surface area (Å²) in [6.07, 6.45) is 2.30. The molecule has 116 valence electrons. The Bertz CT molecular complexity index is 214. The van der Waals surface area contributed by atoms with Crippen molar-refractivity contribution in [1.29, 1.82) is 0 Å². The third-order valence-corrected chi connectivity index (χ3v) is 2.30. The first-order valence-electron chi connectivity index (χ1n) is 6.64. The average Bonchev–Trinajstić information content (AvgIpc) is 2.30. The molecule has 0 bridgehead atoms. The van der Waals surface area contributed by atoms with Gasteiger partial charge in [-0.05, 0) is 6.42 Å². The first kappa shape index (κ1) is 21.2. The molecular formula is C13H30IN3O2. The largest absolute Gasteiger partial charge is 0.379 e. The Labute approximate surface area is 135 Å². The number of guanidine groups is 1. The zero-order chi connectivity index (χ0) is 13.8. The van der Waals surface area contributed by atoms with Crippen molar-refractivity contribution in [3.05, 3.63) is 0 Å². The van der Waals surface area contributed by atoms with Gasteiger partial charge in [-0.3, -0.25) is 4.99 Å². The molecule has 0 aromatic rings. The van der Waals surface area contributed by atoms with Crippen LogP contribution in [0.1, 0.15) is 19.8 Å². The highest BCUT2D eigenvalue weighted by atomic mass is 127. The zero-order valence-corrected chi connectivity index (χ0v) is 15.3. The van der Waals surface area contributed by atoms with Gasteiger partial charge in [-0.2, -0.15) is 0 Å². The van der Waals surface area contributed by atoms with Crippen LogP contribution in [0, 0.1) is 0 Å². The third-order valence-electron chi connectivity index (χ3n) is 2.30. The van der Waals surface area contributed by atoms with Crippen molar-refractivity contribution in [1.82, 2.24) is 9.80 Å². The second kappa shape index (κ2) is 14.3. The number of rotatable bonds is 9. The van der Waals surface area contributed by atoms with E-state index in [1.54, 1.807) is 0 Å². The summed E-state index contributed by atoms with van der Waals surface area (Å²) in [5.41, 5.74) is 0. The first-order valence-corrected chi connectivity index (χ1v) is 6.64. The van der Waals surface area contributed by atoms with E-state index >= 15 is 0 Å². The SMILES string of the molecule is CCCCOCCOCCN=C(N(C)C)N(C)C.I. The van der Waals surface area contributed by atoms with Crippen LogP contribution in [-0.4, -0.2) is 76.9 Å². The summed E-state index contributed by atoms with van der Waals surface area (Å²) in [7, 11) is 7.95. The smallest absolute Gasteiger partial charge is 0.195 e. The van der Waals surface area contributed by atoms with E-state index in [1.807, 2.05) is 38.0 Å². The van der Waals surface area contributed by atoms with Gasteiger partial charge in [-0.1, -0.05) is 13.3 Å². The minimum absolute atomic E-state index is 0. The molecule has 0 aliphatic rings. The van der Waals surface area contributed by atoms with Gasteiger partial charge in [0.15, 0.2) is 5.96 Å². The van der Waals surface area contributed by atoms with Crippen LogP contribution in [0.5, 0.6) is 0 Å². The molecule has 0 aliphatic heterocycles. The normalized spacial score (nSPS) is 9.74. The molecule has 0 heterocycles. The predicted octanol–water partition coefficient (Wildman–Crippen LogP) is 1.92. The molecule has 6 heteroatoms. The van der Waals surface area contributed by atoms with Gasteiger partial charge >= 0.3 is 0 Å².